The van der Waals surface area contributed by atoms with Gasteiger partial charge >= 0.3 is 6.03 Å². The first-order chi connectivity index (χ1) is 13.6. The Morgan fingerprint density at radius 3 is 2.10 bits per heavy atom. The second-order valence-electron chi connectivity index (χ2n) is 7.84. The molecule has 0 unspecified atom stereocenters. The van der Waals surface area contributed by atoms with E-state index in [0.717, 1.165) is 31.6 Å². The molecular formula is C19H28Cl2N4O3S. The Morgan fingerprint density at radius 1 is 1.03 bits per heavy atom. The first kappa shape index (κ1) is 22.5. The molecule has 0 spiro atoms. The van der Waals surface area contributed by atoms with E-state index in [9.17, 15) is 13.2 Å². The minimum Gasteiger partial charge on any atom is -0.371 e. The Morgan fingerprint density at radius 2 is 1.59 bits per heavy atom. The van der Waals surface area contributed by atoms with Crippen LogP contribution in [0.15, 0.2) is 18.2 Å². The van der Waals surface area contributed by atoms with Crippen LogP contribution in [0.1, 0.15) is 25.7 Å². The summed E-state index contributed by atoms with van der Waals surface area (Å²) in [5.74, 6) is 0. The van der Waals surface area contributed by atoms with E-state index in [1.54, 1.807) is 18.0 Å². The highest BCUT2D eigenvalue weighted by Gasteiger charge is 2.30. The number of carbonyl (C=O) groups is 1. The number of halogens is 2. The standard InChI is InChI=1S/C19H28Cl2N4O3S/c1-23(17-5-9-25(10-6-17)29(2,27)28)19(26)22-16-3-7-24(8-4-16)18-12-14(20)11-15(21)13-18/h11-13,16-17H,3-10H2,1-2H3,(H,22,26). The number of anilines is 1. The molecule has 10 heteroatoms. The smallest absolute Gasteiger partial charge is 0.317 e. The second kappa shape index (κ2) is 9.29. The Balaban J connectivity index is 1.47. The van der Waals surface area contributed by atoms with Crippen LogP contribution in [0.25, 0.3) is 0 Å². The van der Waals surface area contributed by atoms with Gasteiger partial charge in [-0.1, -0.05) is 23.2 Å². The summed E-state index contributed by atoms with van der Waals surface area (Å²) in [5.41, 5.74) is 1.00. The van der Waals surface area contributed by atoms with Gasteiger partial charge in [0.2, 0.25) is 10.0 Å². The Bertz CT molecular complexity index is 816. The molecule has 162 valence electrons. The van der Waals surface area contributed by atoms with Crippen molar-refractivity contribution in [2.24, 2.45) is 0 Å². The molecule has 3 rings (SSSR count). The molecule has 2 amide bonds. The Hall–Kier alpha value is -1.22. The lowest BCUT2D eigenvalue weighted by Gasteiger charge is -2.38. The summed E-state index contributed by atoms with van der Waals surface area (Å²) in [4.78, 5) is 16.6. The van der Waals surface area contributed by atoms with Crippen molar-refractivity contribution in [1.82, 2.24) is 14.5 Å². The molecule has 2 aliphatic rings. The molecule has 0 aromatic heterocycles. The van der Waals surface area contributed by atoms with Crippen LogP contribution in [0.3, 0.4) is 0 Å². The van der Waals surface area contributed by atoms with Crippen molar-refractivity contribution in [2.45, 2.75) is 37.8 Å². The van der Waals surface area contributed by atoms with Crippen molar-refractivity contribution in [3.05, 3.63) is 28.2 Å². The molecule has 0 bridgehead atoms. The van der Waals surface area contributed by atoms with Crippen LogP contribution >= 0.6 is 23.2 Å². The van der Waals surface area contributed by atoms with Crippen LogP contribution < -0.4 is 10.2 Å². The van der Waals surface area contributed by atoms with E-state index in [-0.39, 0.29) is 18.1 Å². The van der Waals surface area contributed by atoms with Crippen LogP contribution in [0.5, 0.6) is 0 Å². The fourth-order valence-corrected chi connectivity index (χ4v) is 5.40. The van der Waals surface area contributed by atoms with E-state index < -0.39 is 10.0 Å². The van der Waals surface area contributed by atoms with E-state index in [1.165, 1.54) is 10.6 Å². The van der Waals surface area contributed by atoms with E-state index >= 15 is 0 Å². The van der Waals surface area contributed by atoms with Gasteiger partial charge in [0.15, 0.2) is 0 Å². The molecule has 7 nitrogen and oxygen atoms in total. The third-order valence-electron chi connectivity index (χ3n) is 5.80. The van der Waals surface area contributed by atoms with Gasteiger partial charge in [0.05, 0.1) is 6.26 Å². The van der Waals surface area contributed by atoms with Gasteiger partial charge in [0, 0.05) is 61.0 Å². The number of piperidine rings is 2. The zero-order valence-electron chi connectivity index (χ0n) is 16.8. The molecule has 2 fully saturated rings. The first-order valence-electron chi connectivity index (χ1n) is 9.83. The quantitative estimate of drug-likeness (QED) is 0.745. The van der Waals surface area contributed by atoms with E-state index in [0.29, 0.717) is 36.0 Å². The summed E-state index contributed by atoms with van der Waals surface area (Å²) in [6.07, 6.45) is 4.23. The topological polar surface area (TPSA) is 73.0 Å². The molecule has 2 aliphatic heterocycles. The van der Waals surface area contributed by atoms with Gasteiger partial charge in [0.1, 0.15) is 0 Å². The Kier molecular flexibility index (Phi) is 7.19. The molecule has 2 saturated heterocycles. The second-order valence-corrected chi connectivity index (χ2v) is 10.7. The van der Waals surface area contributed by atoms with Crippen LogP contribution in [0.4, 0.5) is 10.5 Å². The zero-order valence-corrected chi connectivity index (χ0v) is 19.1. The largest absolute Gasteiger partial charge is 0.371 e. The van der Waals surface area contributed by atoms with Crippen LogP contribution in [0, 0.1) is 0 Å². The SMILES string of the molecule is CN(C(=O)NC1CCN(c2cc(Cl)cc(Cl)c2)CC1)C1CCN(S(C)(=O)=O)CC1. The lowest BCUT2D eigenvalue weighted by atomic mass is 10.0. The number of sulfonamides is 1. The predicted molar refractivity (Wildman–Crippen MR) is 117 cm³/mol. The van der Waals surface area contributed by atoms with E-state index in [4.69, 9.17) is 23.2 Å². The normalized spacial score (nSPS) is 19.9. The highest BCUT2D eigenvalue weighted by molar-refractivity contribution is 7.88. The summed E-state index contributed by atoms with van der Waals surface area (Å²) in [7, 11) is -1.37. The fourth-order valence-electron chi connectivity index (χ4n) is 4.01. The van der Waals surface area contributed by atoms with E-state index in [1.807, 2.05) is 12.1 Å². The van der Waals surface area contributed by atoms with Crippen molar-refractivity contribution >= 4 is 44.9 Å². The number of nitrogens with zero attached hydrogens (tertiary/aromatic N) is 3. The van der Waals surface area contributed by atoms with Gasteiger partial charge in [-0.25, -0.2) is 17.5 Å². The van der Waals surface area contributed by atoms with Crippen molar-refractivity contribution in [1.29, 1.82) is 0 Å². The molecule has 0 saturated carbocycles. The number of nitrogens with one attached hydrogen (secondary N) is 1. The number of hydrogen-bond acceptors (Lipinski definition) is 4. The number of rotatable bonds is 4. The van der Waals surface area contributed by atoms with Gasteiger partial charge in [0.25, 0.3) is 0 Å². The number of benzene rings is 1. The summed E-state index contributed by atoms with van der Waals surface area (Å²) < 4.78 is 24.8. The van der Waals surface area contributed by atoms with Gasteiger partial charge < -0.3 is 15.1 Å². The summed E-state index contributed by atoms with van der Waals surface area (Å²) in [6, 6.07) is 5.61. The third kappa shape index (κ3) is 5.90. The average Bonchev–Trinajstić information content (AvgIpc) is 2.66. The lowest BCUT2D eigenvalue weighted by Crippen LogP contribution is -2.53. The van der Waals surface area contributed by atoms with Gasteiger partial charge in [-0.05, 0) is 43.9 Å². The zero-order chi connectivity index (χ0) is 21.2. The van der Waals surface area contributed by atoms with Gasteiger partial charge in [-0.3, -0.25) is 0 Å². The fraction of sp³-hybridized carbons (Fsp3) is 0.632. The van der Waals surface area contributed by atoms with Gasteiger partial charge in [-0.2, -0.15) is 0 Å². The number of hydrogen-bond donors (Lipinski definition) is 1. The van der Waals surface area contributed by atoms with Crippen molar-refractivity contribution in [3.63, 3.8) is 0 Å². The molecule has 2 heterocycles. The molecule has 0 aliphatic carbocycles. The Labute approximate surface area is 183 Å². The highest BCUT2D eigenvalue weighted by Crippen LogP contribution is 2.27. The molecule has 29 heavy (non-hydrogen) atoms. The van der Waals surface area contributed by atoms with Crippen LogP contribution in [-0.2, 0) is 10.0 Å². The highest BCUT2D eigenvalue weighted by atomic mass is 35.5. The van der Waals surface area contributed by atoms with E-state index in [2.05, 4.69) is 10.2 Å². The molecule has 0 radical (unpaired) electrons. The number of amides is 2. The maximum absolute atomic E-state index is 12.7. The van der Waals surface area contributed by atoms with Crippen molar-refractivity contribution in [2.75, 3.05) is 44.4 Å². The number of carbonyl (C=O) groups excluding carboxylic acids is 1. The third-order valence-corrected chi connectivity index (χ3v) is 7.54. The monoisotopic (exact) mass is 462 g/mol. The lowest BCUT2D eigenvalue weighted by molar-refractivity contribution is 0.159. The predicted octanol–water partition coefficient (Wildman–Crippen LogP) is 3.03. The first-order valence-corrected chi connectivity index (χ1v) is 12.4. The minimum atomic E-state index is -3.16. The summed E-state index contributed by atoms with van der Waals surface area (Å²) in [5, 5.41) is 4.36. The molecule has 1 aromatic rings. The molecule has 0 atom stereocenters. The maximum atomic E-state index is 12.7. The van der Waals surface area contributed by atoms with Crippen molar-refractivity contribution in [3.8, 4) is 0 Å². The molecule has 1 aromatic carbocycles. The minimum absolute atomic E-state index is 0.0571. The summed E-state index contributed by atoms with van der Waals surface area (Å²) in [6.45, 7) is 2.56. The van der Waals surface area contributed by atoms with Gasteiger partial charge in [-0.15, -0.1) is 0 Å². The van der Waals surface area contributed by atoms with Crippen LogP contribution in [-0.4, -0.2) is 75.2 Å². The number of urea groups is 1. The molecule has 1 N–H and O–H groups in total. The average molecular weight is 463 g/mol. The maximum Gasteiger partial charge on any atom is 0.317 e. The molecular weight excluding hydrogens is 435 g/mol. The van der Waals surface area contributed by atoms with Crippen molar-refractivity contribution < 1.29 is 13.2 Å². The summed E-state index contributed by atoms with van der Waals surface area (Å²) >= 11 is 12.2. The van der Waals surface area contributed by atoms with Crippen LogP contribution in [0.2, 0.25) is 10.0 Å².